The molecule has 45 heavy (non-hydrogen) atoms. The van der Waals surface area contributed by atoms with Crippen LogP contribution in [0.4, 0.5) is 0 Å². The van der Waals surface area contributed by atoms with Gasteiger partial charge in [0.05, 0.1) is 0 Å². The summed E-state index contributed by atoms with van der Waals surface area (Å²) in [7, 11) is 0. The number of carbonyl (C=O) groups excluding carboxylic acids is 2. The molecule has 5 heteroatoms. The van der Waals surface area contributed by atoms with Gasteiger partial charge in [0.2, 0.25) is 0 Å². The fourth-order valence-electron chi connectivity index (χ4n) is 5.64. The summed E-state index contributed by atoms with van der Waals surface area (Å²) in [5, 5.41) is 0.235. The predicted octanol–water partition coefficient (Wildman–Crippen LogP) is 14.5. The minimum atomic E-state index is 0.118. The summed E-state index contributed by atoms with van der Waals surface area (Å²) in [6.07, 6.45) is 38.4. The van der Waals surface area contributed by atoms with Crippen molar-refractivity contribution in [1.82, 2.24) is 0 Å². The van der Waals surface area contributed by atoms with Crippen LogP contribution in [0.15, 0.2) is 0 Å². The summed E-state index contributed by atoms with van der Waals surface area (Å²) in [5.41, 5.74) is 0. The monoisotopic (exact) mass is 777 g/mol. The Morgan fingerprint density at radius 2 is 0.578 bits per heavy atom. The molecule has 0 amide bonds. The zero-order valence-corrected chi connectivity index (χ0v) is 35.9. The standard InChI is InChI=1S/2C18H36OS.C4H9.Sn/c2*1-3-5-7-9-11-13-15-17(18(19)20)16-14-12-10-8-6-4-2;1-3-4-2;/h2*17H,3-16H2,1-2H3,(H,19,20);1,3-4H2,2H3;. The van der Waals surface area contributed by atoms with Crippen LogP contribution in [0.1, 0.15) is 227 Å². The second kappa shape index (κ2) is 44.8. The molecule has 269 valence electrons. The van der Waals surface area contributed by atoms with E-state index < -0.39 is 0 Å². The Kier molecular flexibility index (Phi) is 50.0. The molecule has 0 aromatic heterocycles. The van der Waals surface area contributed by atoms with E-state index >= 15 is 0 Å². The second-order valence-corrected chi connectivity index (χ2v) is 15.7. The van der Waals surface area contributed by atoms with E-state index in [1.165, 1.54) is 171 Å². The van der Waals surface area contributed by atoms with Crippen molar-refractivity contribution in [1.29, 1.82) is 0 Å². The van der Waals surface area contributed by atoms with Crippen molar-refractivity contribution < 1.29 is 9.59 Å². The average molecular weight is 777 g/mol. The van der Waals surface area contributed by atoms with Gasteiger partial charge in [-0.25, -0.2) is 0 Å². The molecule has 0 rings (SSSR count). The molecule has 0 heterocycles. The van der Waals surface area contributed by atoms with Crippen molar-refractivity contribution in [3.05, 3.63) is 0 Å². The van der Waals surface area contributed by atoms with Gasteiger partial charge < -0.3 is 0 Å². The van der Waals surface area contributed by atoms with E-state index in [1.807, 2.05) is 0 Å². The van der Waals surface area contributed by atoms with Crippen LogP contribution in [0.3, 0.4) is 0 Å². The zero-order valence-electron chi connectivity index (χ0n) is 31.3. The van der Waals surface area contributed by atoms with Crippen molar-refractivity contribution >= 4 is 58.0 Å². The van der Waals surface area contributed by atoms with Crippen LogP contribution < -0.4 is 0 Å². The van der Waals surface area contributed by atoms with Crippen molar-refractivity contribution in [3.8, 4) is 0 Å². The van der Waals surface area contributed by atoms with Gasteiger partial charge in [0.1, 0.15) is 0 Å². The number of unbranched alkanes of at least 4 members (excludes halogenated alkanes) is 21. The number of hydrogen-bond acceptors (Lipinski definition) is 2. The Labute approximate surface area is 309 Å². The number of hydrogen-bond donors (Lipinski definition) is 2. The van der Waals surface area contributed by atoms with Crippen molar-refractivity contribution in [2.24, 2.45) is 11.8 Å². The van der Waals surface area contributed by atoms with Crippen molar-refractivity contribution in [2.75, 3.05) is 0 Å². The third kappa shape index (κ3) is 44.8. The van der Waals surface area contributed by atoms with Gasteiger partial charge in [-0.1, -0.05) is 182 Å². The first-order valence-electron chi connectivity index (χ1n) is 20.0. The van der Waals surface area contributed by atoms with E-state index in [2.05, 4.69) is 59.9 Å². The Hall–Kier alpha value is 0.839. The SMILES string of the molecule is CCCCCCCCC(CCCCCCCC)C(=O)S.CCCCCCCCC(CCCCCCCC)C(=O)S.CCC[CH2][Sn]. The second-order valence-electron chi connectivity index (χ2n) is 13.4. The molecule has 0 saturated heterocycles. The van der Waals surface area contributed by atoms with E-state index in [0.717, 1.165) is 25.7 Å². The van der Waals surface area contributed by atoms with Crippen LogP contribution in [0, 0.1) is 11.8 Å². The summed E-state index contributed by atoms with van der Waals surface area (Å²) in [4.78, 5) is 23.1. The molecule has 3 radical (unpaired) electrons. The molecule has 0 aromatic rings. The average Bonchev–Trinajstić information content (AvgIpc) is 3.02. The van der Waals surface area contributed by atoms with Crippen LogP contribution >= 0.6 is 25.3 Å². The molecule has 2 nitrogen and oxygen atoms in total. The summed E-state index contributed by atoms with van der Waals surface area (Å²) in [6, 6.07) is 0. The Morgan fingerprint density at radius 3 is 0.733 bits per heavy atom. The van der Waals surface area contributed by atoms with E-state index in [1.54, 1.807) is 22.5 Å². The first kappa shape index (κ1) is 50.2. The van der Waals surface area contributed by atoms with Gasteiger partial charge in [0, 0.05) is 11.8 Å². The third-order valence-electron chi connectivity index (χ3n) is 8.85. The molecule has 0 bridgehead atoms. The molecular weight excluding hydrogens is 695 g/mol. The first-order chi connectivity index (χ1) is 21.9. The summed E-state index contributed by atoms with van der Waals surface area (Å²) >= 11 is 9.83. The van der Waals surface area contributed by atoms with Crippen LogP contribution in [0.5, 0.6) is 0 Å². The molecule has 0 N–H and O–H groups in total. The molecule has 0 saturated carbocycles. The molecule has 0 spiro atoms. The quantitative estimate of drug-likeness (QED) is 0.0405. The molecule has 0 unspecified atom stereocenters. The maximum atomic E-state index is 11.5. The van der Waals surface area contributed by atoms with E-state index in [0.29, 0.717) is 0 Å². The van der Waals surface area contributed by atoms with Gasteiger partial charge in [-0.05, 0) is 25.7 Å². The van der Waals surface area contributed by atoms with Crippen LogP contribution in [0.2, 0.25) is 4.44 Å². The maximum absolute atomic E-state index is 11.5. The van der Waals surface area contributed by atoms with E-state index in [9.17, 15) is 9.59 Å². The number of carbonyl (C=O) groups is 2. The summed E-state index contributed by atoms with van der Waals surface area (Å²) in [6.45, 7) is 11.2. The molecule has 0 aliphatic rings. The molecule has 0 aliphatic carbocycles. The van der Waals surface area contributed by atoms with Gasteiger partial charge in [0.15, 0.2) is 10.2 Å². The number of rotatable bonds is 32. The minimum absolute atomic E-state index is 0.118. The van der Waals surface area contributed by atoms with Gasteiger partial charge >= 0.3 is 46.7 Å². The van der Waals surface area contributed by atoms with E-state index in [-0.39, 0.29) is 22.1 Å². The molecule has 0 aliphatic heterocycles. The Balaban J connectivity index is -0.000000680. The molecule has 0 atom stereocenters. The number of thiol groups is 2. The van der Waals surface area contributed by atoms with Gasteiger partial charge in [0.25, 0.3) is 0 Å². The van der Waals surface area contributed by atoms with Crippen LogP contribution in [-0.2, 0) is 9.59 Å². The van der Waals surface area contributed by atoms with Crippen molar-refractivity contribution in [2.45, 2.75) is 232 Å². The zero-order chi connectivity index (χ0) is 34.2. The van der Waals surface area contributed by atoms with E-state index in [4.69, 9.17) is 0 Å². The fourth-order valence-corrected chi connectivity index (χ4v) is 7.17. The fraction of sp³-hybridized carbons (Fsp3) is 0.950. The normalized spacial score (nSPS) is 10.9. The third-order valence-corrected chi connectivity index (χ3v) is 10.6. The topological polar surface area (TPSA) is 34.1 Å². The Bertz CT molecular complexity index is 492. The van der Waals surface area contributed by atoms with Gasteiger partial charge in [-0.3, -0.25) is 9.59 Å². The molecular formula is C40H81O2S2Sn. The van der Waals surface area contributed by atoms with Crippen LogP contribution in [-0.4, -0.2) is 32.8 Å². The Morgan fingerprint density at radius 1 is 0.378 bits per heavy atom. The first-order valence-corrected chi connectivity index (χ1v) is 22.9. The predicted molar refractivity (Wildman–Crippen MR) is 212 cm³/mol. The molecule has 0 fully saturated rings. The summed E-state index contributed by atoms with van der Waals surface area (Å²) in [5.74, 6) is 0.436. The van der Waals surface area contributed by atoms with Gasteiger partial charge in [-0.15, -0.1) is 25.3 Å². The van der Waals surface area contributed by atoms with Crippen molar-refractivity contribution in [3.63, 3.8) is 0 Å². The summed E-state index contributed by atoms with van der Waals surface area (Å²) < 4.78 is 1.43. The molecule has 0 aromatic carbocycles. The van der Waals surface area contributed by atoms with Gasteiger partial charge in [-0.2, -0.15) is 0 Å². The van der Waals surface area contributed by atoms with Crippen LogP contribution in [0.25, 0.3) is 0 Å².